The van der Waals surface area contributed by atoms with Crippen molar-refractivity contribution in [3.05, 3.63) is 24.0 Å². The summed E-state index contributed by atoms with van der Waals surface area (Å²) < 4.78 is 16.0. The number of likely N-dealkylation sites (tertiary alicyclic amines) is 1. The van der Waals surface area contributed by atoms with Crippen LogP contribution in [-0.4, -0.2) is 84.5 Å². The van der Waals surface area contributed by atoms with Crippen LogP contribution in [-0.2, 0) is 16.1 Å². The summed E-state index contributed by atoms with van der Waals surface area (Å²) in [5.41, 5.74) is 0.749. The van der Waals surface area contributed by atoms with E-state index in [0.717, 1.165) is 31.5 Å². The van der Waals surface area contributed by atoms with Gasteiger partial charge in [0.2, 0.25) is 12.7 Å². The van der Waals surface area contributed by atoms with Crippen molar-refractivity contribution in [3.8, 4) is 23.0 Å². The topological polar surface area (TPSA) is 130 Å². The van der Waals surface area contributed by atoms with Gasteiger partial charge in [0.15, 0.2) is 17.3 Å². The fraction of sp³-hybridized carbons (Fsp3) is 0.524. The minimum atomic E-state index is -0.250. The summed E-state index contributed by atoms with van der Waals surface area (Å²) >= 11 is 0. The number of rotatable bonds is 5. The minimum absolute atomic E-state index is 0.0330. The monoisotopic (exact) mass is 447 g/mol. The molecule has 32 heavy (non-hydrogen) atoms. The molecule has 11 heteroatoms. The molecule has 1 aromatic carbocycles. The molecule has 2 atom stereocenters. The van der Waals surface area contributed by atoms with E-state index in [4.69, 9.17) is 23.9 Å². The van der Waals surface area contributed by atoms with Crippen molar-refractivity contribution in [2.24, 2.45) is 5.92 Å². The number of carboxylic acid groups (broad SMARTS) is 1. The summed E-state index contributed by atoms with van der Waals surface area (Å²) in [6.07, 6.45) is 1.87. The lowest BCUT2D eigenvalue weighted by Crippen LogP contribution is -2.39. The number of benzene rings is 1. The van der Waals surface area contributed by atoms with Gasteiger partial charge in [-0.05, 0) is 52.2 Å². The average Bonchev–Trinajstić information content (AvgIpc) is 3.38. The number of hydrogen-bond donors (Lipinski definition) is 2. The highest BCUT2D eigenvalue weighted by Gasteiger charge is 2.27. The van der Waals surface area contributed by atoms with Gasteiger partial charge in [0, 0.05) is 24.7 Å². The Balaban J connectivity index is 0.000000913. The van der Waals surface area contributed by atoms with Gasteiger partial charge in [0.1, 0.15) is 0 Å². The first-order valence-electron chi connectivity index (χ1n) is 10.3. The molecule has 4 rings (SSSR count). The van der Waals surface area contributed by atoms with E-state index in [1.54, 1.807) is 6.07 Å². The second-order valence-corrected chi connectivity index (χ2v) is 8.02. The molecule has 1 amide bonds. The Kier molecular flexibility index (Phi) is 8.01. The Morgan fingerprint density at radius 1 is 1.28 bits per heavy atom. The van der Waals surface area contributed by atoms with E-state index in [-0.39, 0.29) is 31.6 Å². The first-order chi connectivity index (χ1) is 15.4. The number of carbonyl (C=O) groups excluding carboxylic acids is 1. The van der Waals surface area contributed by atoms with Crippen LogP contribution < -0.4 is 14.8 Å². The predicted octanol–water partition coefficient (Wildman–Crippen LogP) is 1.05. The number of likely N-dealkylation sites (N-methyl/N-ethyl adjacent to an activating group) is 2. The van der Waals surface area contributed by atoms with Gasteiger partial charge < -0.3 is 34.2 Å². The second kappa shape index (κ2) is 10.9. The fourth-order valence-corrected chi connectivity index (χ4v) is 3.81. The van der Waals surface area contributed by atoms with Crippen LogP contribution in [0.25, 0.3) is 11.5 Å². The highest BCUT2D eigenvalue weighted by atomic mass is 16.7. The maximum absolute atomic E-state index is 12.7. The van der Waals surface area contributed by atoms with Crippen LogP contribution in [0.2, 0.25) is 0 Å². The van der Waals surface area contributed by atoms with Crippen molar-refractivity contribution >= 4 is 12.4 Å². The van der Waals surface area contributed by atoms with Gasteiger partial charge in [0.25, 0.3) is 12.4 Å². The summed E-state index contributed by atoms with van der Waals surface area (Å²) in [7, 11) is 6.25. The molecule has 3 heterocycles. The van der Waals surface area contributed by atoms with Crippen LogP contribution in [0, 0.1) is 5.92 Å². The maximum Gasteiger partial charge on any atom is 0.290 e. The van der Waals surface area contributed by atoms with E-state index in [1.165, 1.54) is 0 Å². The summed E-state index contributed by atoms with van der Waals surface area (Å²) in [5, 5.41) is 13.8. The summed E-state index contributed by atoms with van der Waals surface area (Å²) in [4.78, 5) is 29.9. The molecule has 2 N–H and O–H groups in total. The molecule has 2 aliphatic heterocycles. The van der Waals surface area contributed by atoms with Crippen LogP contribution in [0.3, 0.4) is 0 Å². The Morgan fingerprint density at radius 2 is 2.03 bits per heavy atom. The lowest BCUT2D eigenvalue weighted by Gasteiger charge is -2.25. The zero-order chi connectivity index (χ0) is 23.1. The Hall–Kier alpha value is -3.18. The van der Waals surface area contributed by atoms with Crippen molar-refractivity contribution in [1.82, 2.24) is 25.3 Å². The molecular formula is C21H29N5O6. The lowest BCUT2D eigenvalue weighted by atomic mass is 10.0. The van der Waals surface area contributed by atoms with Crippen LogP contribution in [0.1, 0.15) is 18.7 Å². The highest BCUT2D eigenvalue weighted by Crippen LogP contribution is 2.35. The van der Waals surface area contributed by atoms with E-state index >= 15 is 0 Å². The largest absolute Gasteiger partial charge is 0.483 e. The number of nitrogens with one attached hydrogen (secondary N) is 1. The third-order valence-electron chi connectivity index (χ3n) is 5.51. The molecule has 11 nitrogen and oxygen atoms in total. The molecule has 1 aromatic heterocycles. The van der Waals surface area contributed by atoms with Crippen molar-refractivity contribution in [3.63, 3.8) is 0 Å². The summed E-state index contributed by atoms with van der Waals surface area (Å²) in [6, 6.07) is 5.93. The third kappa shape index (κ3) is 5.95. The quantitative estimate of drug-likeness (QED) is 0.642. The normalized spacial score (nSPS) is 20.2. The minimum Gasteiger partial charge on any atom is -0.483 e. The molecular weight excluding hydrogens is 418 g/mol. The molecule has 0 unspecified atom stereocenters. The Labute approximate surface area is 186 Å². The number of ether oxygens (including phenoxy) is 2. The molecule has 2 aromatic rings. The zero-order valence-electron chi connectivity index (χ0n) is 18.5. The second-order valence-electron chi connectivity index (χ2n) is 8.02. The lowest BCUT2D eigenvalue weighted by molar-refractivity contribution is -0.126. The SMILES string of the molecule is CN1C[C@H](C(=O)NCc2noc(-c3ccc4c(c3)OCO4)n2)CC[C@H](N(C)C)C1.O=CO. The van der Waals surface area contributed by atoms with Crippen LogP contribution in [0.5, 0.6) is 11.5 Å². The summed E-state index contributed by atoms with van der Waals surface area (Å²) in [6.45, 7) is 1.93. The van der Waals surface area contributed by atoms with Crippen molar-refractivity contribution in [2.45, 2.75) is 25.4 Å². The first kappa shape index (κ1) is 23.5. The molecule has 1 fully saturated rings. The van der Waals surface area contributed by atoms with E-state index in [0.29, 0.717) is 29.3 Å². The smallest absolute Gasteiger partial charge is 0.290 e. The predicted molar refractivity (Wildman–Crippen MR) is 114 cm³/mol. The van der Waals surface area contributed by atoms with Gasteiger partial charge in [0.05, 0.1) is 12.5 Å². The Bertz CT molecular complexity index is 918. The molecule has 0 saturated carbocycles. The average molecular weight is 447 g/mol. The summed E-state index contributed by atoms with van der Waals surface area (Å²) in [5.74, 6) is 2.18. The van der Waals surface area contributed by atoms with Gasteiger partial charge in [-0.3, -0.25) is 9.59 Å². The van der Waals surface area contributed by atoms with E-state index < -0.39 is 0 Å². The van der Waals surface area contributed by atoms with E-state index in [2.05, 4.69) is 46.4 Å². The third-order valence-corrected chi connectivity index (χ3v) is 5.51. The van der Waals surface area contributed by atoms with Gasteiger partial charge in [-0.15, -0.1) is 0 Å². The first-order valence-corrected chi connectivity index (χ1v) is 10.3. The molecule has 0 aliphatic carbocycles. The van der Waals surface area contributed by atoms with Gasteiger partial charge in [-0.2, -0.15) is 4.98 Å². The van der Waals surface area contributed by atoms with Gasteiger partial charge in [-0.25, -0.2) is 0 Å². The van der Waals surface area contributed by atoms with Gasteiger partial charge >= 0.3 is 0 Å². The van der Waals surface area contributed by atoms with E-state index in [9.17, 15) is 4.79 Å². The maximum atomic E-state index is 12.7. The number of nitrogens with zero attached hydrogens (tertiary/aromatic N) is 4. The number of aromatic nitrogens is 2. The van der Waals surface area contributed by atoms with Gasteiger partial charge in [-0.1, -0.05) is 5.16 Å². The fourth-order valence-electron chi connectivity index (χ4n) is 3.81. The number of fused-ring (bicyclic) bond motifs is 1. The van der Waals surface area contributed by atoms with Crippen LogP contribution in [0.15, 0.2) is 22.7 Å². The Morgan fingerprint density at radius 3 is 2.78 bits per heavy atom. The van der Waals surface area contributed by atoms with Crippen LogP contribution >= 0.6 is 0 Å². The molecule has 0 spiro atoms. The van der Waals surface area contributed by atoms with Crippen molar-refractivity contribution < 1.29 is 28.7 Å². The van der Waals surface area contributed by atoms with Crippen LogP contribution in [0.4, 0.5) is 0 Å². The molecule has 2 aliphatic rings. The molecule has 0 radical (unpaired) electrons. The van der Waals surface area contributed by atoms with E-state index in [1.807, 2.05) is 12.1 Å². The van der Waals surface area contributed by atoms with Crippen molar-refractivity contribution in [1.29, 1.82) is 0 Å². The molecule has 1 saturated heterocycles. The molecule has 0 bridgehead atoms. The molecule has 174 valence electrons. The number of amides is 1. The standard InChI is InChI=1S/C20H27N5O4.CH2O2/c1-24(2)15-6-4-14(10-25(3)11-15)19(26)21-9-18-22-20(29-23-18)13-5-7-16-17(8-13)28-12-27-16;2-1-3/h5,7-8,14-15H,4,6,9-12H2,1-3H3,(H,21,26);1H,(H,2,3)/t14-,15+;/m1./s1. The number of hydrogen-bond acceptors (Lipinski definition) is 9. The zero-order valence-corrected chi connectivity index (χ0v) is 18.5. The van der Waals surface area contributed by atoms with Crippen molar-refractivity contribution in [2.75, 3.05) is 41.0 Å². The highest BCUT2D eigenvalue weighted by molar-refractivity contribution is 5.78. The number of carbonyl (C=O) groups is 2.